The summed E-state index contributed by atoms with van der Waals surface area (Å²) in [5.41, 5.74) is 0.963. The van der Waals surface area contributed by atoms with Gasteiger partial charge in [0.15, 0.2) is 0 Å². The first kappa shape index (κ1) is 15.9. The number of hydrogen-bond donors (Lipinski definition) is 1. The van der Waals surface area contributed by atoms with Crippen LogP contribution in [0, 0.1) is 5.92 Å². The van der Waals surface area contributed by atoms with Crippen LogP contribution in [-0.2, 0) is 9.59 Å². The first-order valence-corrected chi connectivity index (χ1v) is 8.66. The van der Waals surface area contributed by atoms with Crippen molar-refractivity contribution in [2.24, 2.45) is 5.92 Å². The van der Waals surface area contributed by atoms with E-state index < -0.39 is 11.1 Å². The fourth-order valence-electron chi connectivity index (χ4n) is 4.02. The summed E-state index contributed by atoms with van der Waals surface area (Å²) in [7, 11) is 0. The molecule has 0 saturated carbocycles. The molecular weight excluding hydrogens is 312 g/mol. The zero-order valence-electron chi connectivity index (χ0n) is 14.7. The highest BCUT2D eigenvalue weighted by atomic mass is 16.2. The van der Waals surface area contributed by atoms with Crippen LogP contribution >= 0.6 is 0 Å². The summed E-state index contributed by atoms with van der Waals surface area (Å²) in [4.78, 5) is 28.0. The minimum absolute atomic E-state index is 0.222. The highest BCUT2D eigenvalue weighted by Crippen LogP contribution is 2.50. The first-order valence-electron chi connectivity index (χ1n) is 8.66. The van der Waals surface area contributed by atoms with E-state index in [4.69, 9.17) is 0 Å². The number of hydrogen-bond acceptors (Lipinski definition) is 2. The zero-order chi connectivity index (χ0) is 17.8. The Morgan fingerprint density at radius 3 is 2.60 bits per heavy atom. The molecule has 25 heavy (non-hydrogen) atoms. The van der Waals surface area contributed by atoms with Gasteiger partial charge in [-0.25, -0.2) is 0 Å². The molecule has 0 saturated heterocycles. The maximum atomic E-state index is 13.3. The van der Waals surface area contributed by atoms with Gasteiger partial charge in [0.1, 0.15) is 5.57 Å². The molecule has 3 aliphatic rings. The van der Waals surface area contributed by atoms with Gasteiger partial charge in [-0.1, -0.05) is 42.5 Å². The predicted molar refractivity (Wildman–Crippen MR) is 98.0 cm³/mol. The maximum Gasteiger partial charge on any atom is 0.265 e. The largest absolute Gasteiger partial charge is 0.347 e. The second-order valence-electron chi connectivity index (χ2n) is 7.98. The van der Waals surface area contributed by atoms with Crippen molar-refractivity contribution in [2.45, 2.75) is 38.3 Å². The van der Waals surface area contributed by atoms with E-state index in [9.17, 15) is 9.59 Å². The monoisotopic (exact) mass is 334 g/mol. The third-order valence-corrected chi connectivity index (χ3v) is 4.96. The molecule has 128 valence electrons. The number of carbonyl (C=O) groups excluding carboxylic acids is 2. The summed E-state index contributed by atoms with van der Waals surface area (Å²) in [6.07, 6.45) is 9.08. The Balaban J connectivity index is 1.86. The number of carbonyl (C=O) groups is 2. The third kappa shape index (κ3) is 2.36. The Kier molecular flexibility index (Phi) is 3.29. The van der Waals surface area contributed by atoms with Gasteiger partial charge in [0.05, 0.1) is 5.54 Å². The van der Waals surface area contributed by atoms with E-state index in [0.717, 1.165) is 17.7 Å². The molecule has 0 aromatic heterocycles. The van der Waals surface area contributed by atoms with Crippen molar-refractivity contribution in [2.75, 3.05) is 4.90 Å². The number of benzene rings is 1. The standard InChI is InChI=1S/C21H22N2O2/c1-20(2,3)22-18(24)17-16-10-9-14-11-12-21(16,13-14)23(19(17)25)15-7-5-4-6-8-15/h4-12,14H,13H2,1-3H3,(H,22,24). The van der Waals surface area contributed by atoms with Crippen LogP contribution in [0.25, 0.3) is 0 Å². The summed E-state index contributed by atoms with van der Waals surface area (Å²) >= 11 is 0. The van der Waals surface area contributed by atoms with Gasteiger partial charge in [-0.2, -0.15) is 0 Å². The van der Waals surface area contributed by atoms with Gasteiger partial charge in [0.2, 0.25) is 0 Å². The number of amides is 2. The normalized spacial score (nSPS) is 27.1. The van der Waals surface area contributed by atoms with Crippen LogP contribution in [0.3, 0.4) is 0 Å². The van der Waals surface area contributed by atoms with E-state index in [1.54, 1.807) is 4.90 Å². The Labute approximate surface area is 147 Å². The van der Waals surface area contributed by atoms with Crippen molar-refractivity contribution in [1.82, 2.24) is 5.32 Å². The minimum atomic E-state index is -0.539. The van der Waals surface area contributed by atoms with E-state index in [0.29, 0.717) is 5.92 Å². The molecule has 1 heterocycles. The number of fused-ring (bicyclic) bond motifs is 1. The Bertz CT molecular complexity index is 842. The molecule has 2 aliphatic carbocycles. The molecule has 1 aromatic rings. The van der Waals surface area contributed by atoms with Crippen molar-refractivity contribution in [3.05, 3.63) is 65.8 Å². The highest BCUT2D eigenvalue weighted by molar-refractivity contribution is 6.28. The number of allylic oxidation sites excluding steroid dienone is 2. The Hall–Kier alpha value is -2.62. The van der Waals surface area contributed by atoms with Crippen molar-refractivity contribution in [3.8, 4) is 0 Å². The number of rotatable bonds is 2. The lowest BCUT2D eigenvalue weighted by atomic mass is 9.81. The average molecular weight is 334 g/mol. The average Bonchev–Trinajstić information content (AvgIpc) is 3.00. The van der Waals surface area contributed by atoms with E-state index in [1.807, 2.05) is 57.2 Å². The van der Waals surface area contributed by atoms with Crippen LogP contribution in [0.2, 0.25) is 0 Å². The molecular formula is C21H22N2O2. The molecule has 0 radical (unpaired) electrons. The molecule has 2 unspecified atom stereocenters. The molecule has 1 N–H and O–H groups in total. The van der Waals surface area contributed by atoms with Gasteiger partial charge < -0.3 is 5.32 Å². The van der Waals surface area contributed by atoms with E-state index in [-0.39, 0.29) is 17.4 Å². The summed E-state index contributed by atoms with van der Waals surface area (Å²) in [6.45, 7) is 5.76. The van der Waals surface area contributed by atoms with Crippen LogP contribution in [0.15, 0.2) is 65.8 Å². The van der Waals surface area contributed by atoms with Crippen molar-refractivity contribution < 1.29 is 9.59 Å². The van der Waals surface area contributed by atoms with Gasteiger partial charge in [-0.15, -0.1) is 0 Å². The lowest BCUT2D eigenvalue weighted by molar-refractivity contribution is -0.122. The van der Waals surface area contributed by atoms with Crippen molar-refractivity contribution in [1.29, 1.82) is 0 Å². The number of nitrogens with one attached hydrogen (secondary N) is 1. The van der Waals surface area contributed by atoms with Gasteiger partial charge in [0.25, 0.3) is 11.8 Å². The van der Waals surface area contributed by atoms with E-state index in [1.165, 1.54) is 0 Å². The Morgan fingerprint density at radius 1 is 1.20 bits per heavy atom. The quantitative estimate of drug-likeness (QED) is 0.667. The number of anilines is 1. The van der Waals surface area contributed by atoms with E-state index >= 15 is 0 Å². The van der Waals surface area contributed by atoms with Gasteiger partial charge in [-0.05, 0) is 45.2 Å². The molecule has 0 fully saturated rings. The molecule has 4 heteroatoms. The van der Waals surface area contributed by atoms with Gasteiger partial charge in [0, 0.05) is 16.8 Å². The topological polar surface area (TPSA) is 49.4 Å². The van der Waals surface area contributed by atoms with Gasteiger partial charge >= 0.3 is 0 Å². The first-order chi connectivity index (χ1) is 11.8. The zero-order valence-corrected chi connectivity index (χ0v) is 14.7. The summed E-state index contributed by atoms with van der Waals surface area (Å²) in [5, 5.41) is 2.95. The SMILES string of the molecule is CC(C)(C)NC(=O)C1=C2C=CC3C=CC2(C3)N(c2ccccc2)C1=O. The molecule has 4 rings (SSSR count). The lowest BCUT2D eigenvalue weighted by Gasteiger charge is -2.37. The van der Waals surface area contributed by atoms with Crippen LogP contribution in [0.4, 0.5) is 5.69 Å². The van der Waals surface area contributed by atoms with E-state index in [2.05, 4.69) is 23.5 Å². The summed E-state index contributed by atoms with van der Waals surface area (Å²) in [6, 6.07) is 9.61. The maximum absolute atomic E-state index is 13.3. The lowest BCUT2D eigenvalue weighted by Crippen LogP contribution is -2.47. The number of para-hydroxylation sites is 1. The van der Waals surface area contributed by atoms with Crippen LogP contribution in [0.5, 0.6) is 0 Å². The second kappa shape index (κ2) is 5.19. The van der Waals surface area contributed by atoms with Crippen molar-refractivity contribution >= 4 is 17.5 Å². The predicted octanol–water partition coefficient (Wildman–Crippen LogP) is 3.13. The molecule has 1 aliphatic heterocycles. The molecule has 4 nitrogen and oxygen atoms in total. The highest BCUT2D eigenvalue weighted by Gasteiger charge is 2.55. The molecule has 1 aromatic carbocycles. The summed E-state index contributed by atoms with van der Waals surface area (Å²) < 4.78 is 0. The smallest absolute Gasteiger partial charge is 0.265 e. The molecule has 1 spiro atoms. The fraction of sp³-hybridized carbons (Fsp3) is 0.333. The van der Waals surface area contributed by atoms with Gasteiger partial charge in [-0.3, -0.25) is 14.5 Å². The van der Waals surface area contributed by atoms with Crippen LogP contribution in [0.1, 0.15) is 27.2 Å². The Morgan fingerprint density at radius 2 is 1.92 bits per heavy atom. The third-order valence-electron chi connectivity index (χ3n) is 4.96. The number of nitrogens with zero attached hydrogens (tertiary/aromatic N) is 1. The molecule has 2 amide bonds. The van der Waals surface area contributed by atoms with Crippen LogP contribution in [-0.4, -0.2) is 22.9 Å². The minimum Gasteiger partial charge on any atom is -0.347 e. The molecule has 2 atom stereocenters. The van der Waals surface area contributed by atoms with Crippen molar-refractivity contribution in [3.63, 3.8) is 0 Å². The molecule has 2 bridgehead atoms. The second-order valence-corrected chi connectivity index (χ2v) is 7.98. The van der Waals surface area contributed by atoms with Crippen LogP contribution < -0.4 is 10.2 Å². The summed E-state index contributed by atoms with van der Waals surface area (Å²) in [5.74, 6) is -0.207. The fourth-order valence-corrected chi connectivity index (χ4v) is 4.02.